The molecule has 0 aromatic heterocycles. The monoisotopic (exact) mass is 426 g/mol. The van der Waals surface area contributed by atoms with Crippen LogP contribution in [0.3, 0.4) is 0 Å². The van der Waals surface area contributed by atoms with Crippen molar-refractivity contribution in [3.8, 4) is 0 Å². The normalized spacial score (nSPS) is 12.2. The van der Waals surface area contributed by atoms with Crippen molar-refractivity contribution >= 4 is 22.7 Å². The molecule has 0 heterocycles. The molecule has 31 heavy (non-hydrogen) atoms. The first kappa shape index (κ1) is 24.5. The number of rotatable bonds is 14. The van der Waals surface area contributed by atoms with Crippen molar-refractivity contribution in [3.63, 3.8) is 0 Å². The van der Waals surface area contributed by atoms with Crippen molar-refractivity contribution in [1.29, 1.82) is 0 Å². The second-order valence-electron chi connectivity index (χ2n) is 7.72. The molecule has 0 radical (unpaired) electrons. The summed E-state index contributed by atoms with van der Waals surface area (Å²) in [6.07, 6.45) is 7.92. The predicted octanol–water partition coefficient (Wildman–Crippen LogP) is 6.95. The topological polar surface area (TPSA) is 91.3 Å². The predicted molar refractivity (Wildman–Crippen MR) is 126 cm³/mol. The molecule has 0 saturated carbocycles. The summed E-state index contributed by atoms with van der Waals surface area (Å²) in [5.41, 5.74) is 2.39. The molecular formula is C24H34N4O3. The lowest BCUT2D eigenvalue weighted by molar-refractivity contribution is -0.384. The summed E-state index contributed by atoms with van der Waals surface area (Å²) >= 11 is 0. The van der Waals surface area contributed by atoms with E-state index in [1.165, 1.54) is 31.4 Å². The van der Waals surface area contributed by atoms with Gasteiger partial charge in [-0.25, -0.2) is 0 Å². The van der Waals surface area contributed by atoms with Gasteiger partial charge >= 0.3 is 0 Å². The van der Waals surface area contributed by atoms with Crippen LogP contribution in [0, 0.1) is 10.1 Å². The minimum absolute atomic E-state index is 0.0313. The van der Waals surface area contributed by atoms with Crippen LogP contribution in [-0.2, 0) is 0 Å². The van der Waals surface area contributed by atoms with Crippen LogP contribution < -0.4 is 4.90 Å². The molecule has 1 unspecified atom stereocenters. The van der Waals surface area contributed by atoms with E-state index in [1.54, 1.807) is 12.1 Å². The van der Waals surface area contributed by atoms with Gasteiger partial charge in [-0.15, -0.1) is 0 Å². The Kier molecular flexibility index (Phi) is 10.6. The first-order valence-corrected chi connectivity index (χ1v) is 11.2. The van der Waals surface area contributed by atoms with Gasteiger partial charge in [0.1, 0.15) is 0 Å². The average Bonchev–Trinajstić information content (AvgIpc) is 2.80. The third-order valence-corrected chi connectivity index (χ3v) is 5.32. The van der Waals surface area contributed by atoms with Gasteiger partial charge in [0.05, 0.1) is 28.9 Å². The number of non-ortho nitro benzene ring substituents is 1. The third-order valence-electron chi connectivity index (χ3n) is 5.32. The van der Waals surface area contributed by atoms with Gasteiger partial charge in [0.15, 0.2) is 0 Å². The zero-order chi connectivity index (χ0) is 22.5. The fourth-order valence-electron chi connectivity index (χ4n) is 3.48. The second-order valence-corrected chi connectivity index (χ2v) is 7.72. The molecule has 0 bridgehead atoms. The summed E-state index contributed by atoms with van der Waals surface area (Å²) < 4.78 is 0. The Balaban J connectivity index is 2.09. The van der Waals surface area contributed by atoms with E-state index in [0.29, 0.717) is 11.4 Å². The molecule has 1 atom stereocenters. The molecule has 0 saturated heterocycles. The van der Waals surface area contributed by atoms with Gasteiger partial charge in [-0.05, 0) is 49.2 Å². The van der Waals surface area contributed by atoms with Crippen LogP contribution in [0.25, 0.3) is 0 Å². The molecule has 7 nitrogen and oxygen atoms in total. The van der Waals surface area contributed by atoms with E-state index in [0.717, 1.165) is 37.9 Å². The van der Waals surface area contributed by atoms with Crippen LogP contribution in [0.4, 0.5) is 22.7 Å². The Hall–Kier alpha value is -2.80. The largest absolute Gasteiger partial charge is 0.394 e. The number of aliphatic hydroxyl groups is 1. The van der Waals surface area contributed by atoms with E-state index in [4.69, 9.17) is 0 Å². The van der Waals surface area contributed by atoms with Crippen molar-refractivity contribution < 1.29 is 10.0 Å². The van der Waals surface area contributed by atoms with Gasteiger partial charge in [-0.1, -0.05) is 46.0 Å². The van der Waals surface area contributed by atoms with Crippen LogP contribution in [0.2, 0.25) is 0 Å². The maximum absolute atomic E-state index is 10.7. The van der Waals surface area contributed by atoms with Gasteiger partial charge in [0.25, 0.3) is 5.69 Å². The molecule has 2 aromatic rings. The van der Waals surface area contributed by atoms with E-state index < -0.39 is 4.92 Å². The summed E-state index contributed by atoms with van der Waals surface area (Å²) in [4.78, 5) is 12.6. The molecule has 2 rings (SSSR count). The summed E-state index contributed by atoms with van der Waals surface area (Å²) in [6.45, 7) is 5.46. The summed E-state index contributed by atoms with van der Waals surface area (Å²) in [6, 6.07) is 14.0. The highest BCUT2D eigenvalue weighted by Gasteiger charge is 2.17. The van der Waals surface area contributed by atoms with Crippen molar-refractivity contribution in [1.82, 2.24) is 0 Å². The van der Waals surface area contributed by atoms with Gasteiger partial charge in [-0.2, -0.15) is 10.2 Å². The maximum atomic E-state index is 10.7. The Morgan fingerprint density at radius 2 is 1.48 bits per heavy atom. The number of benzene rings is 2. The summed E-state index contributed by atoms with van der Waals surface area (Å²) in [5, 5.41) is 29.1. The van der Waals surface area contributed by atoms with Crippen LogP contribution in [-0.4, -0.2) is 29.2 Å². The Morgan fingerprint density at radius 3 is 2.00 bits per heavy atom. The van der Waals surface area contributed by atoms with Crippen molar-refractivity contribution in [3.05, 3.63) is 58.6 Å². The van der Waals surface area contributed by atoms with E-state index in [-0.39, 0.29) is 18.3 Å². The molecule has 0 aliphatic carbocycles. The smallest absolute Gasteiger partial charge is 0.269 e. The van der Waals surface area contributed by atoms with Crippen molar-refractivity contribution in [2.24, 2.45) is 10.2 Å². The van der Waals surface area contributed by atoms with Crippen LogP contribution >= 0.6 is 0 Å². The van der Waals surface area contributed by atoms with Gasteiger partial charge in [0, 0.05) is 24.4 Å². The maximum Gasteiger partial charge on any atom is 0.269 e. The molecule has 2 aromatic carbocycles. The molecule has 0 aliphatic rings. The Bertz CT molecular complexity index is 807. The number of hydrogen-bond acceptors (Lipinski definition) is 6. The van der Waals surface area contributed by atoms with E-state index >= 15 is 0 Å². The van der Waals surface area contributed by atoms with Crippen LogP contribution in [0.1, 0.15) is 58.8 Å². The molecule has 168 valence electrons. The Labute approximate surface area is 185 Å². The third kappa shape index (κ3) is 8.09. The van der Waals surface area contributed by atoms with Crippen molar-refractivity contribution in [2.45, 2.75) is 64.8 Å². The fraction of sp³-hybridized carbons (Fsp3) is 0.500. The lowest BCUT2D eigenvalue weighted by Gasteiger charge is -2.33. The molecule has 0 amide bonds. The number of nitro benzene ring substituents is 1. The fourth-order valence-corrected chi connectivity index (χ4v) is 3.48. The lowest BCUT2D eigenvalue weighted by atomic mass is 10.1. The van der Waals surface area contributed by atoms with Crippen molar-refractivity contribution in [2.75, 3.05) is 18.1 Å². The number of anilines is 1. The Morgan fingerprint density at radius 1 is 0.903 bits per heavy atom. The lowest BCUT2D eigenvalue weighted by Crippen LogP contribution is -2.38. The minimum atomic E-state index is -0.437. The number of unbranched alkanes of at least 4 members (excludes halogenated alkanes) is 4. The quantitative estimate of drug-likeness (QED) is 0.153. The number of nitrogens with zero attached hydrogens (tertiary/aromatic N) is 4. The van der Waals surface area contributed by atoms with E-state index in [1.807, 2.05) is 24.3 Å². The number of nitro groups is 1. The molecule has 0 fully saturated rings. The number of azo groups is 1. The van der Waals surface area contributed by atoms with E-state index in [9.17, 15) is 15.2 Å². The molecule has 1 N–H and O–H groups in total. The second kappa shape index (κ2) is 13.5. The molecule has 0 aliphatic heterocycles. The minimum Gasteiger partial charge on any atom is -0.394 e. The zero-order valence-corrected chi connectivity index (χ0v) is 18.6. The average molecular weight is 427 g/mol. The highest BCUT2D eigenvalue weighted by Crippen LogP contribution is 2.26. The van der Waals surface area contributed by atoms with Gasteiger partial charge in [-0.3, -0.25) is 10.1 Å². The highest BCUT2D eigenvalue weighted by molar-refractivity contribution is 5.54. The van der Waals surface area contributed by atoms with Crippen LogP contribution in [0.5, 0.6) is 0 Å². The molecular weight excluding hydrogens is 392 g/mol. The first-order chi connectivity index (χ1) is 15.1. The molecule has 7 heteroatoms. The number of aliphatic hydroxyl groups excluding tert-OH is 1. The van der Waals surface area contributed by atoms with Gasteiger partial charge in [0.2, 0.25) is 0 Å². The van der Waals surface area contributed by atoms with Gasteiger partial charge < -0.3 is 10.0 Å². The number of hydrogen-bond donors (Lipinski definition) is 1. The summed E-state index contributed by atoms with van der Waals surface area (Å²) in [7, 11) is 0. The standard InChI is InChI=1S/C24H34N4O3/c1-3-5-7-8-18-27(24(19-29)9-6-4-2)22-14-10-20(11-15-22)25-26-21-12-16-23(17-13-21)28(30)31/h10-17,24,29H,3-9,18-19H2,1-2H3. The summed E-state index contributed by atoms with van der Waals surface area (Å²) in [5.74, 6) is 0. The SMILES string of the molecule is CCCCCCN(c1ccc(N=Nc2ccc([N+](=O)[O-])cc2)cc1)C(CO)CCCC. The zero-order valence-electron chi connectivity index (χ0n) is 18.6. The highest BCUT2D eigenvalue weighted by atomic mass is 16.6. The van der Waals surface area contributed by atoms with E-state index in [2.05, 4.69) is 29.0 Å². The van der Waals surface area contributed by atoms with Crippen LogP contribution in [0.15, 0.2) is 58.8 Å². The first-order valence-electron chi connectivity index (χ1n) is 11.2. The molecule has 0 spiro atoms.